The predicted molar refractivity (Wildman–Crippen MR) is 78.0 cm³/mol. The van der Waals surface area contributed by atoms with Gasteiger partial charge >= 0.3 is 0 Å². The van der Waals surface area contributed by atoms with Crippen molar-refractivity contribution in [3.8, 4) is 0 Å². The highest BCUT2D eigenvalue weighted by Crippen LogP contribution is 2.19. The molecule has 4 nitrogen and oxygen atoms in total. The Morgan fingerprint density at radius 1 is 1.15 bits per heavy atom. The van der Waals surface area contributed by atoms with Crippen LogP contribution >= 0.6 is 0 Å². The summed E-state index contributed by atoms with van der Waals surface area (Å²) in [6.45, 7) is 6.39. The third-order valence-electron chi connectivity index (χ3n) is 3.97. The zero-order valence-corrected chi connectivity index (χ0v) is 12.3. The summed E-state index contributed by atoms with van der Waals surface area (Å²) < 4.78 is 0. The van der Waals surface area contributed by atoms with Gasteiger partial charge in [-0.3, -0.25) is 9.59 Å². The van der Waals surface area contributed by atoms with Gasteiger partial charge in [0.1, 0.15) is 12.1 Å². The predicted octanol–water partition coefficient (Wildman–Crippen LogP) is 2.01. The zero-order valence-electron chi connectivity index (χ0n) is 12.3. The van der Waals surface area contributed by atoms with Gasteiger partial charge in [0.2, 0.25) is 11.8 Å². The fourth-order valence-electron chi connectivity index (χ4n) is 2.67. The van der Waals surface area contributed by atoms with E-state index >= 15 is 0 Å². The second-order valence-electron chi connectivity index (χ2n) is 5.29. The highest BCUT2D eigenvalue weighted by Gasteiger charge is 2.38. The average molecular weight is 274 g/mol. The highest BCUT2D eigenvalue weighted by atomic mass is 16.2. The first kappa shape index (κ1) is 14.6. The number of carbonyl (C=O) groups is 2. The Hall–Kier alpha value is -1.84. The molecule has 108 valence electrons. The molecule has 0 spiro atoms. The van der Waals surface area contributed by atoms with E-state index in [-0.39, 0.29) is 23.9 Å². The van der Waals surface area contributed by atoms with Crippen LogP contribution in [-0.2, 0) is 16.1 Å². The van der Waals surface area contributed by atoms with Crippen molar-refractivity contribution in [1.82, 2.24) is 10.2 Å². The molecular formula is C16H22N2O2. The molecule has 0 radical (unpaired) electrons. The maximum absolute atomic E-state index is 12.5. The fraction of sp³-hybridized carbons (Fsp3) is 0.500. The molecule has 2 rings (SSSR count). The summed E-state index contributed by atoms with van der Waals surface area (Å²) in [5, 5.41) is 2.82. The summed E-state index contributed by atoms with van der Waals surface area (Å²) >= 11 is 0. The quantitative estimate of drug-likeness (QED) is 0.913. The van der Waals surface area contributed by atoms with Gasteiger partial charge in [-0.15, -0.1) is 0 Å². The van der Waals surface area contributed by atoms with Crippen LogP contribution in [0, 0.1) is 6.92 Å². The zero-order chi connectivity index (χ0) is 14.7. The highest BCUT2D eigenvalue weighted by molar-refractivity contribution is 5.96. The summed E-state index contributed by atoms with van der Waals surface area (Å²) in [5.41, 5.74) is 2.25. The van der Waals surface area contributed by atoms with Crippen molar-refractivity contribution in [3.05, 3.63) is 35.4 Å². The molecule has 1 saturated heterocycles. The molecule has 0 bridgehead atoms. The molecule has 1 aliphatic rings. The van der Waals surface area contributed by atoms with Gasteiger partial charge in [0.15, 0.2) is 0 Å². The van der Waals surface area contributed by atoms with E-state index < -0.39 is 0 Å². The SMILES string of the molecule is CCC1NC(=O)C(CC)N(Cc2ccccc2C)C1=O. The molecule has 1 aliphatic heterocycles. The molecule has 0 aliphatic carbocycles. The second kappa shape index (κ2) is 6.07. The lowest BCUT2D eigenvalue weighted by molar-refractivity contribution is -0.150. The minimum Gasteiger partial charge on any atom is -0.343 e. The van der Waals surface area contributed by atoms with E-state index in [9.17, 15) is 9.59 Å². The normalized spacial score (nSPS) is 22.9. The Morgan fingerprint density at radius 3 is 2.45 bits per heavy atom. The molecule has 2 atom stereocenters. The maximum Gasteiger partial charge on any atom is 0.246 e. The number of hydrogen-bond acceptors (Lipinski definition) is 2. The average Bonchev–Trinajstić information content (AvgIpc) is 2.45. The lowest BCUT2D eigenvalue weighted by Crippen LogP contribution is -2.62. The molecule has 0 aromatic heterocycles. The van der Waals surface area contributed by atoms with Crippen LogP contribution in [0.3, 0.4) is 0 Å². The Labute approximate surface area is 120 Å². The van der Waals surface area contributed by atoms with Crippen LogP contribution in [0.5, 0.6) is 0 Å². The minimum absolute atomic E-state index is 0.0298. The summed E-state index contributed by atoms with van der Waals surface area (Å²) in [5.74, 6) is -0.00487. The van der Waals surface area contributed by atoms with Gasteiger partial charge in [-0.25, -0.2) is 0 Å². The molecular weight excluding hydrogens is 252 g/mol. The van der Waals surface area contributed by atoms with E-state index in [1.54, 1.807) is 4.90 Å². The number of benzene rings is 1. The Kier molecular flexibility index (Phi) is 4.42. The van der Waals surface area contributed by atoms with Crippen LogP contribution in [0.4, 0.5) is 0 Å². The molecule has 1 aromatic carbocycles. The summed E-state index contributed by atoms with van der Waals surface area (Å²) in [6.07, 6.45) is 1.27. The van der Waals surface area contributed by atoms with Gasteiger partial charge in [0, 0.05) is 6.54 Å². The third-order valence-corrected chi connectivity index (χ3v) is 3.97. The number of amides is 2. The van der Waals surface area contributed by atoms with Gasteiger partial charge in [0.05, 0.1) is 0 Å². The van der Waals surface area contributed by atoms with Gasteiger partial charge in [0.25, 0.3) is 0 Å². The molecule has 1 heterocycles. The van der Waals surface area contributed by atoms with Crippen LogP contribution in [0.15, 0.2) is 24.3 Å². The van der Waals surface area contributed by atoms with Crippen LogP contribution in [-0.4, -0.2) is 28.8 Å². The molecule has 1 aromatic rings. The van der Waals surface area contributed by atoms with Gasteiger partial charge in [-0.05, 0) is 30.9 Å². The molecule has 1 N–H and O–H groups in total. The number of carbonyl (C=O) groups excluding carboxylic acids is 2. The van der Waals surface area contributed by atoms with Crippen LogP contribution in [0.25, 0.3) is 0 Å². The number of piperazine rings is 1. The van der Waals surface area contributed by atoms with Crippen molar-refractivity contribution < 1.29 is 9.59 Å². The monoisotopic (exact) mass is 274 g/mol. The van der Waals surface area contributed by atoms with Crippen molar-refractivity contribution in [2.45, 2.75) is 52.2 Å². The van der Waals surface area contributed by atoms with Gasteiger partial charge in [-0.2, -0.15) is 0 Å². The van der Waals surface area contributed by atoms with Crippen molar-refractivity contribution in [2.75, 3.05) is 0 Å². The molecule has 20 heavy (non-hydrogen) atoms. The topological polar surface area (TPSA) is 49.4 Å². The van der Waals surface area contributed by atoms with E-state index in [0.717, 1.165) is 11.1 Å². The van der Waals surface area contributed by atoms with Crippen LogP contribution < -0.4 is 5.32 Å². The number of hydrogen-bond donors (Lipinski definition) is 1. The molecule has 1 fully saturated rings. The van der Waals surface area contributed by atoms with Crippen LogP contribution in [0.1, 0.15) is 37.8 Å². The van der Waals surface area contributed by atoms with E-state index in [1.165, 1.54) is 0 Å². The lowest BCUT2D eigenvalue weighted by Gasteiger charge is -2.38. The van der Waals surface area contributed by atoms with E-state index in [0.29, 0.717) is 19.4 Å². The van der Waals surface area contributed by atoms with E-state index in [4.69, 9.17) is 0 Å². The van der Waals surface area contributed by atoms with E-state index in [2.05, 4.69) is 5.32 Å². The van der Waals surface area contributed by atoms with Crippen molar-refractivity contribution >= 4 is 11.8 Å². The first-order valence-corrected chi connectivity index (χ1v) is 7.23. The van der Waals surface area contributed by atoms with Gasteiger partial charge in [-0.1, -0.05) is 38.1 Å². The fourth-order valence-corrected chi connectivity index (χ4v) is 2.67. The van der Waals surface area contributed by atoms with Gasteiger partial charge < -0.3 is 10.2 Å². The summed E-state index contributed by atoms with van der Waals surface area (Å²) in [7, 11) is 0. The summed E-state index contributed by atoms with van der Waals surface area (Å²) in [4.78, 5) is 26.4. The van der Waals surface area contributed by atoms with E-state index in [1.807, 2.05) is 45.0 Å². The number of rotatable bonds is 4. The largest absolute Gasteiger partial charge is 0.343 e. The number of aryl methyl sites for hydroxylation is 1. The number of nitrogens with zero attached hydrogens (tertiary/aromatic N) is 1. The molecule has 4 heteroatoms. The molecule has 2 unspecified atom stereocenters. The summed E-state index contributed by atoms with van der Waals surface area (Å²) in [6, 6.07) is 7.26. The Morgan fingerprint density at radius 2 is 1.85 bits per heavy atom. The molecule has 2 amide bonds. The first-order chi connectivity index (χ1) is 9.58. The van der Waals surface area contributed by atoms with Crippen molar-refractivity contribution in [3.63, 3.8) is 0 Å². The lowest BCUT2D eigenvalue weighted by atomic mass is 10.0. The maximum atomic E-state index is 12.5. The van der Waals surface area contributed by atoms with Crippen LogP contribution in [0.2, 0.25) is 0 Å². The molecule has 0 saturated carbocycles. The second-order valence-corrected chi connectivity index (χ2v) is 5.29. The Balaban J connectivity index is 2.27. The number of nitrogens with one attached hydrogen (secondary N) is 1. The Bertz CT molecular complexity index is 513. The standard InChI is InChI=1S/C16H22N2O2/c1-4-13-16(20)18(14(5-2)15(19)17-13)10-12-9-7-6-8-11(12)3/h6-9,13-14H,4-5,10H2,1-3H3,(H,17,19). The van der Waals surface area contributed by atoms with Crippen molar-refractivity contribution in [2.24, 2.45) is 0 Å². The smallest absolute Gasteiger partial charge is 0.246 e. The van der Waals surface area contributed by atoms with Crippen molar-refractivity contribution in [1.29, 1.82) is 0 Å². The third kappa shape index (κ3) is 2.69. The first-order valence-electron chi connectivity index (χ1n) is 7.23. The minimum atomic E-state index is -0.380.